The first-order chi connectivity index (χ1) is 10.9. The lowest BCUT2D eigenvalue weighted by Crippen LogP contribution is -2.46. The molecule has 24 heavy (non-hydrogen) atoms. The van der Waals surface area contributed by atoms with Gasteiger partial charge in [0.25, 0.3) is 10.1 Å². The zero-order chi connectivity index (χ0) is 18.6. The second kappa shape index (κ2) is 7.81. The van der Waals surface area contributed by atoms with Gasteiger partial charge in [-0.3, -0.25) is 4.55 Å². The summed E-state index contributed by atoms with van der Waals surface area (Å²) in [5, 5.41) is 3.06. The molecule has 1 aromatic carbocycles. The maximum absolute atomic E-state index is 12.9. The predicted octanol–water partition coefficient (Wildman–Crippen LogP) is 3.04. The fraction of sp³-hybridized carbons (Fsp3) is 0.600. The molecule has 0 aliphatic carbocycles. The molecule has 1 unspecified atom stereocenters. The molecule has 0 saturated carbocycles. The molecule has 0 spiro atoms. The topological polar surface area (TPSA) is 75.6 Å². The van der Waals surface area contributed by atoms with Gasteiger partial charge in [-0.05, 0) is 44.5 Å². The number of nitrogens with one attached hydrogen (secondary N) is 1. The highest BCUT2D eigenvalue weighted by Gasteiger charge is 2.34. The van der Waals surface area contributed by atoms with Crippen LogP contribution in [-0.2, 0) is 21.0 Å². The van der Waals surface area contributed by atoms with Crippen molar-refractivity contribution in [1.82, 2.24) is 5.32 Å². The standard InChI is InChI=1S/C15H22F3NO4S/c1-14(2,19-8-5-9-24(20,21)22)13(23-3)11-6-4-7-12(10-11)15(16,17)18/h4,6-7,10,13,19H,5,8-9H2,1-3H3,(H,20,21,22). The van der Waals surface area contributed by atoms with Crippen LogP contribution in [0.5, 0.6) is 0 Å². The molecule has 2 N–H and O–H groups in total. The second-order valence-corrected chi connectivity index (χ2v) is 7.60. The zero-order valence-electron chi connectivity index (χ0n) is 13.7. The Balaban J connectivity index is 2.87. The van der Waals surface area contributed by atoms with Crippen LogP contribution in [0.2, 0.25) is 0 Å². The molecule has 0 bridgehead atoms. The number of halogens is 3. The molecule has 0 saturated heterocycles. The lowest BCUT2D eigenvalue weighted by Gasteiger charge is -2.35. The summed E-state index contributed by atoms with van der Waals surface area (Å²) in [7, 11) is -2.64. The van der Waals surface area contributed by atoms with Gasteiger partial charge in [-0.1, -0.05) is 12.1 Å². The van der Waals surface area contributed by atoms with E-state index in [1.807, 2.05) is 0 Å². The molecular formula is C15H22F3NO4S. The number of benzene rings is 1. The first kappa shape index (κ1) is 20.9. The third kappa shape index (κ3) is 6.39. The number of alkyl halides is 3. The van der Waals surface area contributed by atoms with E-state index in [1.165, 1.54) is 13.2 Å². The van der Waals surface area contributed by atoms with Crippen molar-refractivity contribution >= 4 is 10.1 Å². The zero-order valence-corrected chi connectivity index (χ0v) is 14.5. The summed E-state index contributed by atoms with van der Waals surface area (Å²) >= 11 is 0. The van der Waals surface area contributed by atoms with Crippen LogP contribution in [0.15, 0.2) is 24.3 Å². The molecular weight excluding hydrogens is 347 g/mol. The molecule has 0 aliphatic rings. The van der Waals surface area contributed by atoms with Gasteiger partial charge in [-0.25, -0.2) is 0 Å². The fourth-order valence-electron chi connectivity index (χ4n) is 2.48. The van der Waals surface area contributed by atoms with E-state index in [2.05, 4.69) is 5.32 Å². The third-order valence-electron chi connectivity index (χ3n) is 3.57. The van der Waals surface area contributed by atoms with Gasteiger partial charge in [0.05, 0.1) is 17.4 Å². The summed E-state index contributed by atoms with van der Waals surface area (Å²) < 4.78 is 74.0. The van der Waals surface area contributed by atoms with Crippen molar-refractivity contribution in [3.8, 4) is 0 Å². The molecule has 138 valence electrons. The minimum absolute atomic E-state index is 0.168. The highest BCUT2D eigenvalue weighted by atomic mass is 32.2. The minimum atomic E-state index is -4.44. The SMILES string of the molecule is COC(c1cccc(C(F)(F)F)c1)C(C)(C)NCCCS(=O)(=O)O. The molecule has 5 nitrogen and oxygen atoms in total. The van der Waals surface area contributed by atoms with Crippen molar-refractivity contribution < 1.29 is 30.9 Å². The third-order valence-corrected chi connectivity index (χ3v) is 4.37. The Labute approximate surface area is 140 Å². The van der Waals surface area contributed by atoms with Crippen molar-refractivity contribution in [2.24, 2.45) is 0 Å². The van der Waals surface area contributed by atoms with Crippen molar-refractivity contribution in [3.05, 3.63) is 35.4 Å². The molecule has 0 amide bonds. The summed E-state index contributed by atoms with van der Waals surface area (Å²) in [5.74, 6) is -0.392. The number of ether oxygens (including phenoxy) is 1. The van der Waals surface area contributed by atoms with E-state index in [9.17, 15) is 21.6 Å². The number of rotatable bonds is 8. The second-order valence-electron chi connectivity index (χ2n) is 6.03. The van der Waals surface area contributed by atoms with Crippen LogP contribution in [0.25, 0.3) is 0 Å². The normalized spacial score (nSPS) is 14.6. The Kier molecular flexibility index (Phi) is 6.80. The van der Waals surface area contributed by atoms with E-state index in [0.29, 0.717) is 5.56 Å². The Bertz CT molecular complexity index is 644. The first-order valence-electron chi connectivity index (χ1n) is 7.27. The van der Waals surface area contributed by atoms with Crippen LogP contribution < -0.4 is 5.32 Å². The Morgan fingerprint density at radius 2 is 1.92 bits per heavy atom. The van der Waals surface area contributed by atoms with Crippen LogP contribution in [0, 0.1) is 0 Å². The lowest BCUT2D eigenvalue weighted by molar-refractivity contribution is -0.137. The maximum Gasteiger partial charge on any atom is 0.416 e. The molecule has 9 heteroatoms. The summed E-state index contributed by atoms with van der Waals surface area (Å²) in [5.41, 5.74) is -1.15. The van der Waals surface area contributed by atoms with Crippen LogP contribution in [0.3, 0.4) is 0 Å². The molecule has 1 rings (SSSR count). The Morgan fingerprint density at radius 3 is 2.42 bits per heavy atom. The summed E-state index contributed by atoms with van der Waals surface area (Å²) in [6.07, 6.45) is -4.95. The predicted molar refractivity (Wildman–Crippen MR) is 84.3 cm³/mol. The first-order valence-corrected chi connectivity index (χ1v) is 8.88. The average Bonchev–Trinajstić information content (AvgIpc) is 2.42. The van der Waals surface area contributed by atoms with E-state index in [-0.39, 0.29) is 13.0 Å². The summed E-state index contributed by atoms with van der Waals surface area (Å²) in [6.45, 7) is 3.75. The van der Waals surface area contributed by atoms with Gasteiger partial charge in [0.15, 0.2) is 0 Å². The number of hydrogen-bond acceptors (Lipinski definition) is 4. The summed E-state index contributed by atoms with van der Waals surface area (Å²) in [6, 6.07) is 4.89. The van der Waals surface area contributed by atoms with Gasteiger partial charge < -0.3 is 10.1 Å². The van der Waals surface area contributed by atoms with Gasteiger partial charge >= 0.3 is 6.18 Å². The lowest BCUT2D eigenvalue weighted by atomic mass is 9.90. The fourth-order valence-corrected chi connectivity index (χ4v) is 2.99. The largest absolute Gasteiger partial charge is 0.416 e. The van der Waals surface area contributed by atoms with E-state index < -0.39 is 39.3 Å². The molecule has 0 radical (unpaired) electrons. The molecule has 0 fully saturated rings. The molecule has 0 heterocycles. The van der Waals surface area contributed by atoms with Crippen molar-refractivity contribution in [2.45, 2.75) is 38.1 Å². The smallest absolute Gasteiger partial charge is 0.375 e. The van der Waals surface area contributed by atoms with E-state index >= 15 is 0 Å². The van der Waals surface area contributed by atoms with Crippen LogP contribution in [-0.4, -0.2) is 37.9 Å². The number of methoxy groups -OCH3 is 1. The van der Waals surface area contributed by atoms with Crippen LogP contribution in [0.4, 0.5) is 13.2 Å². The highest BCUT2D eigenvalue weighted by molar-refractivity contribution is 7.85. The van der Waals surface area contributed by atoms with Gasteiger partial charge in [0.1, 0.15) is 0 Å². The monoisotopic (exact) mass is 369 g/mol. The Hall–Kier alpha value is -1.16. The molecule has 1 atom stereocenters. The Morgan fingerprint density at radius 1 is 1.29 bits per heavy atom. The average molecular weight is 369 g/mol. The maximum atomic E-state index is 12.9. The molecule has 0 aliphatic heterocycles. The molecule has 0 aromatic heterocycles. The van der Waals surface area contributed by atoms with Crippen LogP contribution >= 0.6 is 0 Å². The summed E-state index contributed by atoms with van der Waals surface area (Å²) in [4.78, 5) is 0. The van der Waals surface area contributed by atoms with Crippen molar-refractivity contribution in [2.75, 3.05) is 19.4 Å². The van der Waals surface area contributed by atoms with Gasteiger partial charge in [-0.15, -0.1) is 0 Å². The van der Waals surface area contributed by atoms with Gasteiger partial charge in [0.2, 0.25) is 0 Å². The minimum Gasteiger partial charge on any atom is -0.375 e. The number of hydrogen-bond donors (Lipinski definition) is 2. The van der Waals surface area contributed by atoms with E-state index in [1.54, 1.807) is 19.9 Å². The van der Waals surface area contributed by atoms with E-state index in [0.717, 1.165) is 12.1 Å². The van der Waals surface area contributed by atoms with Gasteiger partial charge in [0, 0.05) is 12.6 Å². The van der Waals surface area contributed by atoms with Crippen molar-refractivity contribution in [3.63, 3.8) is 0 Å². The van der Waals surface area contributed by atoms with Gasteiger partial charge in [-0.2, -0.15) is 21.6 Å². The molecule has 1 aromatic rings. The van der Waals surface area contributed by atoms with E-state index in [4.69, 9.17) is 9.29 Å². The quantitative estimate of drug-likeness (QED) is 0.544. The van der Waals surface area contributed by atoms with Crippen LogP contribution in [0.1, 0.15) is 37.5 Å². The van der Waals surface area contributed by atoms with Crippen molar-refractivity contribution in [1.29, 1.82) is 0 Å². The highest BCUT2D eigenvalue weighted by Crippen LogP contribution is 2.34.